The Kier molecular flexibility index (Phi) is 3.15. The number of aryl methyl sites for hydroxylation is 1. The number of benzene rings is 2. The van der Waals surface area contributed by atoms with Gasteiger partial charge in [0.05, 0.1) is 13.2 Å². The normalized spacial score (nSPS) is 16.5. The molecule has 1 aliphatic carbocycles. The molecule has 1 heterocycles. The lowest BCUT2D eigenvalue weighted by molar-refractivity contribution is 0.415. The molecule has 0 saturated heterocycles. The van der Waals surface area contributed by atoms with Gasteiger partial charge in [-0.1, -0.05) is 30.3 Å². The minimum absolute atomic E-state index is 0.370. The standard InChI is InChI=1S/C18H17N3O/c1-22-16-6-2-13(3-7-16)14-4-8-17-15(10-14)5-9-18(17)21-11-19-20-12-21/h2-4,6-8,10-12,18H,5,9H2,1H3. The highest BCUT2D eigenvalue weighted by Crippen LogP contribution is 2.36. The number of methoxy groups -OCH3 is 1. The Labute approximate surface area is 129 Å². The van der Waals surface area contributed by atoms with Gasteiger partial charge in [0, 0.05) is 0 Å². The van der Waals surface area contributed by atoms with Crippen LogP contribution in [0.2, 0.25) is 0 Å². The maximum absolute atomic E-state index is 5.22. The number of ether oxygens (including phenoxy) is 1. The Hall–Kier alpha value is -2.62. The highest BCUT2D eigenvalue weighted by Gasteiger charge is 2.24. The Bertz CT molecular complexity index is 779. The molecule has 0 fully saturated rings. The van der Waals surface area contributed by atoms with Gasteiger partial charge in [0.2, 0.25) is 0 Å². The largest absolute Gasteiger partial charge is 0.497 e. The molecular formula is C18H17N3O. The van der Waals surface area contributed by atoms with Gasteiger partial charge in [-0.25, -0.2) is 0 Å². The second kappa shape index (κ2) is 5.30. The van der Waals surface area contributed by atoms with Crippen LogP contribution in [0.15, 0.2) is 55.1 Å². The molecule has 0 N–H and O–H groups in total. The summed E-state index contributed by atoms with van der Waals surface area (Å²) in [5, 5.41) is 7.84. The van der Waals surface area contributed by atoms with E-state index in [4.69, 9.17) is 4.74 Å². The smallest absolute Gasteiger partial charge is 0.119 e. The summed E-state index contributed by atoms with van der Waals surface area (Å²) in [6.07, 6.45) is 5.82. The van der Waals surface area contributed by atoms with Crippen molar-refractivity contribution in [3.8, 4) is 16.9 Å². The fraction of sp³-hybridized carbons (Fsp3) is 0.222. The predicted molar refractivity (Wildman–Crippen MR) is 84.9 cm³/mol. The summed E-state index contributed by atoms with van der Waals surface area (Å²) in [6.45, 7) is 0. The quantitative estimate of drug-likeness (QED) is 0.741. The van der Waals surface area contributed by atoms with Crippen molar-refractivity contribution in [3.05, 3.63) is 66.2 Å². The van der Waals surface area contributed by atoms with E-state index < -0.39 is 0 Å². The van der Waals surface area contributed by atoms with Gasteiger partial charge < -0.3 is 9.30 Å². The molecule has 0 aliphatic heterocycles. The van der Waals surface area contributed by atoms with Crippen molar-refractivity contribution in [1.82, 2.24) is 14.8 Å². The minimum Gasteiger partial charge on any atom is -0.497 e. The summed E-state index contributed by atoms with van der Waals surface area (Å²) in [6, 6.07) is 15.3. The van der Waals surface area contributed by atoms with Gasteiger partial charge in [-0.05, 0) is 47.2 Å². The van der Waals surface area contributed by atoms with Crippen LogP contribution in [0.25, 0.3) is 11.1 Å². The molecule has 1 aliphatic rings. The summed E-state index contributed by atoms with van der Waals surface area (Å²) in [4.78, 5) is 0. The second-order valence-electron chi connectivity index (χ2n) is 5.61. The molecular weight excluding hydrogens is 274 g/mol. The van der Waals surface area contributed by atoms with Crippen molar-refractivity contribution in [2.45, 2.75) is 18.9 Å². The van der Waals surface area contributed by atoms with Crippen molar-refractivity contribution in [1.29, 1.82) is 0 Å². The molecule has 110 valence electrons. The van der Waals surface area contributed by atoms with Crippen molar-refractivity contribution in [3.63, 3.8) is 0 Å². The minimum atomic E-state index is 0.370. The van der Waals surface area contributed by atoms with E-state index in [1.54, 1.807) is 19.8 Å². The summed E-state index contributed by atoms with van der Waals surface area (Å²) in [5.74, 6) is 0.887. The Morgan fingerprint density at radius 3 is 2.45 bits per heavy atom. The van der Waals surface area contributed by atoms with Crippen molar-refractivity contribution < 1.29 is 4.74 Å². The van der Waals surface area contributed by atoms with E-state index in [0.717, 1.165) is 18.6 Å². The van der Waals surface area contributed by atoms with Crippen molar-refractivity contribution in [2.24, 2.45) is 0 Å². The van der Waals surface area contributed by atoms with E-state index in [9.17, 15) is 0 Å². The third-order valence-corrected chi connectivity index (χ3v) is 4.41. The maximum Gasteiger partial charge on any atom is 0.119 e. The number of hydrogen-bond donors (Lipinski definition) is 0. The first-order valence-corrected chi connectivity index (χ1v) is 7.46. The van der Waals surface area contributed by atoms with E-state index in [-0.39, 0.29) is 0 Å². The van der Waals surface area contributed by atoms with Gasteiger partial charge in [0.15, 0.2) is 0 Å². The number of nitrogens with zero attached hydrogens (tertiary/aromatic N) is 3. The zero-order valence-electron chi connectivity index (χ0n) is 12.4. The molecule has 4 heteroatoms. The van der Waals surface area contributed by atoms with Crippen LogP contribution in [0, 0.1) is 0 Å². The fourth-order valence-corrected chi connectivity index (χ4v) is 3.24. The molecule has 22 heavy (non-hydrogen) atoms. The van der Waals surface area contributed by atoms with Crippen LogP contribution in [0.4, 0.5) is 0 Å². The molecule has 3 aromatic rings. The molecule has 0 bridgehead atoms. The fourth-order valence-electron chi connectivity index (χ4n) is 3.24. The van der Waals surface area contributed by atoms with Crippen LogP contribution in [0.1, 0.15) is 23.6 Å². The molecule has 0 amide bonds. The topological polar surface area (TPSA) is 39.9 Å². The van der Waals surface area contributed by atoms with Crippen LogP contribution in [0.3, 0.4) is 0 Å². The van der Waals surface area contributed by atoms with Crippen LogP contribution in [0.5, 0.6) is 5.75 Å². The van der Waals surface area contributed by atoms with Gasteiger partial charge in [-0.15, -0.1) is 10.2 Å². The molecule has 2 aromatic carbocycles. The van der Waals surface area contributed by atoms with Crippen LogP contribution >= 0.6 is 0 Å². The number of aromatic nitrogens is 3. The highest BCUT2D eigenvalue weighted by atomic mass is 16.5. The highest BCUT2D eigenvalue weighted by molar-refractivity contribution is 5.66. The zero-order valence-corrected chi connectivity index (χ0v) is 12.4. The van der Waals surface area contributed by atoms with E-state index >= 15 is 0 Å². The average molecular weight is 291 g/mol. The Morgan fingerprint density at radius 1 is 1.00 bits per heavy atom. The third-order valence-electron chi connectivity index (χ3n) is 4.41. The monoisotopic (exact) mass is 291 g/mol. The summed E-state index contributed by atoms with van der Waals surface area (Å²) >= 11 is 0. The summed E-state index contributed by atoms with van der Waals surface area (Å²) < 4.78 is 7.32. The van der Waals surface area contributed by atoms with Crippen molar-refractivity contribution in [2.75, 3.05) is 7.11 Å². The lowest BCUT2D eigenvalue weighted by Crippen LogP contribution is -2.04. The van der Waals surface area contributed by atoms with Crippen LogP contribution < -0.4 is 4.74 Å². The van der Waals surface area contributed by atoms with Crippen LogP contribution in [-0.2, 0) is 6.42 Å². The van der Waals surface area contributed by atoms with Gasteiger partial charge in [0.1, 0.15) is 18.4 Å². The molecule has 4 rings (SSSR count). The molecule has 4 nitrogen and oxygen atoms in total. The van der Waals surface area contributed by atoms with Crippen molar-refractivity contribution >= 4 is 0 Å². The first-order valence-electron chi connectivity index (χ1n) is 7.46. The lowest BCUT2D eigenvalue weighted by atomic mass is 9.99. The van der Waals surface area contributed by atoms with E-state index in [0.29, 0.717) is 6.04 Å². The SMILES string of the molecule is COc1ccc(-c2ccc3c(c2)CCC3n2cnnc2)cc1. The van der Waals surface area contributed by atoms with Crippen LogP contribution in [-0.4, -0.2) is 21.9 Å². The molecule has 1 unspecified atom stereocenters. The van der Waals surface area contributed by atoms with E-state index in [1.807, 2.05) is 12.1 Å². The zero-order chi connectivity index (χ0) is 14.9. The first kappa shape index (κ1) is 13.1. The number of fused-ring (bicyclic) bond motifs is 1. The van der Waals surface area contributed by atoms with Gasteiger partial charge >= 0.3 is 0 Å². The average Bonchev–Trinajstić information content (AvgIpc) is 3.23. The lowest BCUT2D eigenvalue weighted by Gasteiger charge is -2.13. The van der Waals surface area contributed by atoms with E-state index in [2.05, 4.69) is 45.1 Å². The van der Waals surface area contributed by atoms with Gasteiger partial charge in [0.25, 0.3) is 0 Å². The number of rotatable bonds is 3. The number of hydrogen-bond acceptors (Lipinski definition) is 3. The van der Waals surface area contributed by atoms with E-state index in [1.165, 1.54) is 22.3 Å². The molecule has 1 aromatic heterocycles. The summed E-state index contributed by atoms with van der Waals surface area (Å²) in [5.41, 5.74) is 5.28. The predicted octanol–water partition coefficient (Wildman–Crippen LogP) is 3.49. The molecule has 0 spiro atoms. The Balaban J connectivity index is 1.68. The molecule has 1 atom stereocenters. The molecule has 0 radical (unpaired) electrons. The second-order valence-corrected chi connectivity index (χ2v) is 5.61. The maximum atomic E-state index is 5.22. The van der Waals surface area contributed by atoms with Gasteiger partial charge in [-0.3, -0.25) is 0 Å². The van der Waals surface area contributed by atoms with Gasteiger partial charge in [-0.2, -0.15) is 0 Å². The third kappa shape index (κ3) is 2.17. The Morgan fingerprint density at radius 2 is 1.73 bits per heavy atom. The first-order chi connectivity index (χ1) is 10.8. The summed E-state index contributed by atoms with van der Waals surface area (Å²) in [7, 11) is 1.69. The molecule has 0 saturated carbocycles.